The summed E-state index contributed by atoms with van der Waals surface area (Å²) in [7, 11) is 1.99. The van der Waals surface area contributed by atoms with Crippen LogP contribution >= 0.6 is 0 Å². The summed E-state index contributed by atoms with van der Waals surface area (Å²) in [6, 6.07) is 7.55. The summed E-state index contributed by atoms with van der Waals surface area (Å²) in [4.78, 5) is 2.06. The Kier molecular flexibility index (Phi) is 4.69. The summed E-state index contributed by atoms with van der Waals surface area (Å²) in [5.41, 5.74) is 1.03. The molecule has 112 valence electrons. The van der Waals surface area contributed by atoms with Crippen molar-refractivity contribution in [3.05, 3.63) is 30.1 Å². The molecule has 2 unspecified atom stereocenters. The molecule has 0 radical (unpaired) electrons. The van der Waals surface area contributed by atoms with E-state index < -0.39 is 0 Å². The molecule has 2 rings (SSSR count). The van der Waals surface area contributed by atoms with Gasteiger partial charge in [0.1, 0.15) is 5.82 Å². The topological polar surface area (TPSA) is 15.3 Å². The Balaban J connectivity index is 2.07. The van der Waals surface area contributed by atoms with Gasteiger partial charge in [0.25, 0.3) is 0 Å². The van der Waals surface area contributed by atoms with Crippen LogP contribution in [-0.4, -0.2) is 26.2 Å². The molecule has 0 amide bonds. The molecule has 0 spiro atoms. The van der Waals surface area contributed by atoms with Crippen molar-refractivity contribution in [3.63, 3.8) is 0 Å². The average molecular weight is 278 g/mol. The number of benzene rings is 1. The van der Waals surface area contributed by atoms with E-state index in [1.165, 1.54) is 18.9 Å². The zero-order valence-electron chi connectivity index (χ0n) is 13.1. The van der Waals surface area contributed by atoms with E-state index in [0.717, 1.165) is 13.1 Å². The molecular weight excluding hydrogens is 251 g/mol. The van der Waals surface area contributed by atoms with Crippen molar-refractivity contribution >= 4 is 5.69 Å². The van der Waals surface area contributed by atoms with Gasteiger partial charge in [0, 0.05) is 19.6 Å². The Morgan fingerprint density at radius 3 is 2.70 bits per heavy atom. The van der Waals surface area contributed by atoms with Gasteiger partial charge in [0.15, 0.2) is 0 Å². The van der Waals surface area contributed by atoms with Crippen LogP contribution in [-0.2, 0) is 0 Å². The van der Waals surface area contributed by atoms with Crippen molar-refractivity contribution in [3.8, 4) is 0 Å². The smallest absolute Gasteiger partial charge is 0.146 e. The summed E-state index contributed by atoms with van der Waals surface area (Å²) in [6.07, 6.45) is 2.45. The third-order valence-corrected chi connectivity index (χ3v) is 4.67. The maximum Gasteiger partial charge on any atom is 0.146 e. The van der Waals surface area contributed by atoms with Crippen LogP contribution in [0.5, 0.6) is 0 Å². The number of nitrogens with zero attached hydrogens (tertiary/aromatic N) is 1. The Morgan fingerprint density at radius 1 is 1.35 bits per heavy atom. The van der Waals surface area contributed by atoms with Crippen molar-refractivity contribution in [1.82, 2.24) is 5.32 Å². The van der Waals surface area contributed by atoms with Crippen LogP contribution in [0.3, 0.4) is 0 Å². The highest BCUT2D eigenvalue weighted by atomic mass is 19.1. The van der Waals surface area contributed by atoms with Gasteiger partial charge in [0.05, 0.1) is 5.69 Å². The maximum atomic E-state index is 13.9. The Bertz CT molecular complexity index is 444. The molecule has 1 fully saturated rings. The third kappa shape index (κ3) is 3.14. The molecular formula is C17H27FN2. The Morgan fingerprint density at radius 2 is 2.05 bits per heavy atom. The molecule has 1 aromatic carbocycles. The fourth-order valence-corrected chi connectivity index (χ4v) is 3.59. The molecule has 2 atom stereocenters. The van der Waals surface area contributed by atoms with E-state index in [4.69, 9.17) is 0 Å². The van der Waals surface area contributed by atoms with E-state index in [2.05, 4.69) is 31.0 Å². The highest BCUT2D eigenvalue weighted by Gasteiger charge is 2.41. The molecule has 2 nitrogen and oxygen atoms in total. The minimum atomic E-state index is -0.132. The first-order valence-electron chi connectivity index (χ1n) is 7.64. The highest BCUT2D eigenvalue weighted by Crippen LogP contribution is 2.41. The molecule has 20 heavy (non-hydrogen) atoms. The molecule has 0 aliphatic heterocycles. The SMILES string of the molecule is CCNC1C(CN(C)c2ccccc2F)CCC1(C)C. The second-order valence-corrected chi connectivity index (χ2v) is 6.65. The number of anilines is 1. The van der Waals surface area contributed by atoms with Gasteiger partial charge in [-0.3, -0.25) is 0 Å². The first-order valence-corrected chi connectivity index (χ1v) is 7.64. The largest absolute Gasteiger partial charge is 0.372 e. The standard InChI is InChI=1S/C17H27FN2/c1-5-19-16-13(10-11-17(16,2)3)12-20(4)15-9-7-6-8-14(15)18/h6-9,13,16,19H,5,10-12H2,1-4H3. The number of halogens is 1. The summed E-state index contributed by atoms with van der Waals surface area (Å²) in [6.45, 7) is 8.73. The highest BCUT2D eigenvalue weighted by molar-refractivity contribution is 5.46. The fraction of sp³-hybridized carbons (Fsp3) is 0.647. The van der Waals surface area contributed by atoms with Gasteiger partial charge in [-0.1, -0.05) is 32.9 Å². The van der Waals surface area contributed by atoms with Crippen molar-refractivity contribution in [1.29, 1.82) is 0 Å². The zero-order valence-corrected chi connectivity index (χ0v) is 13.1. The maximum absolute atomic E-state index is 13.9. The van der Waals surface area contributed by atoms with Crippen molar-refractivity contribution in [2.45, 2.75) is 39.7 Å². The summed E-state index contributed by atoms with van der Waals surface area (Å²) >= 11 is 0. The van der Waals surface area contributed by atoms with Crippen LogP contribution < -0.4 is 10.2 Å². The quantitative estimate of drug-likeness (QED) is 0.884. The van der Waals surface area contributed by atoms with Gasteiger partial charge in [-0.15, -0.1) is 0 Å². The predicted molar refractivity (Wildman–Crippen MR) is 83.6 cm³/mol. The third-order valence-electron chi connectivity index (χ3n) is 4.67. The zero-order chi connectivity index (χ0) is 14.8. The van der Waals surface area contributed by atoms with Gasteiger partial charge in [-0.05, 0) is 42.9 Å². The van der Waals surface area contributed by atoms with Crippen LogP contribution in [0.4, 0.5) is 10.1 Å². The summed E-state index contributed by atoms with van der Waals surface area (Å²) < 4.78 is 13.9. The number of hydrogen-bond donors (Lipinski definition) is 1. The van der Waals surface area contributed by atoms with Gasteiger partial charge in [0.2, 0.25) is 0 Å². The molecule has 1 saturated carbocycles. The Labute approximate surface area is 122 Å². The molecule has 3 heteroatoms. The molecule has 0 aromatic heterocycles. The predicted octanol–water partition coefficient (Wildman–Crippen LogP) is 3.68. The van der Waals surface area contributed by atoms with Gasteiger partial charge in [-0.2, -0.15) is 0 Å². The molecule has 1 aliphatic rings. The van der Waals surface area contributed by atoms with E-state index in [9.17, 15) is 4.39 Å². The monoisotopic (exact) mass is 278 g/mol. The lowest BCUT2D eigenvalue weighted by Gasteiger charge is -2.34. The Hall–Kier alpha value is -1.09. The summed E-state index contributed by atoms with van der Waals surface area (Å²) in [5.74, 6) is 0.446. The van der Waals surface area contributed by atoms with Gasteiger partial charge in [-0.25, -0.2) is 4.39 Å². The lowest BCUT2D eigenvalue weighted by molar-refractivity contribution is 0.253. The minimum Gasteiger partial charge on any atom is -0.372 e. The number of rotatable bonds is 5. The van der Waals surface area contributed by atoms with Crippen LogP contribution in [0.2, 0.25) is 0 Å². The normalized spacial score (nSPS) is 24.9. The first kappa shape index (κ1) is 15.3. The second-order valence-electron chi connectivity index (χ2n) is 6.65. The van der Waals surface area contributed by atoms with E-state index in [0.29, 0.717) is 23.1 Å². The lowest BCUT2D eigenvalue weighted by atomic mass is 9.84. The molecule has 0 heterocycles. The molecule has 0 bridgehead atoms. The van der Waals surface area contributed by atoms with Crippen molar-refractivity contribution < 1.29 is 4.39 Å². The average Bonchev–Trinajstić information content (AvgIpc) is 2.67. The fourth-order valence-electron chi connectivity index (χ4n) is 3.59. The van der Waals surface area contributed by atoms with E-state index in [1.54, 1.807) is 6.07 Å². The number of para-hydroxylation sites is 1. The first-order chi connectivity index (χ1) is 9.45. The van der Waals surface area contributed by atoms with Crippen LogP contribution in [0.25, 0.3) is 0 Å². The van der Waals surface area contributed by atoms with Crippen LogP contribution in [0.15, 0.2) is 24.3 Å². The van der Waals surface area contributed by atoms with Gasteiger partial charge >= 0.3 is 0 Å². The van der Waals surface area contributed by atoms with Crippen molar-refractivity contribution in [2.24, 2.45) is 11.3 Å². The van der Waals surface area contributed by atoms with Crippen molar-refractivity contribution in [2.75, 3.05) is 25.0 Å². The van der Waals surface area contributed by atoms with E-state index >= 15 is 0 Å². The minimum absolute atomic E-state index is 0.132. The van der Waals surface area contributed by atoms with E-state index in [-0.39, 0.29) is 5.82 Å². The summed E-state index contributed by atoms with van der Waals surface area (Å²) in [5, 5.41) is 3.64. The van der Waals surface area contributed by atoms with Crippen LogP contribution in [0, 0.1) is 17.2 Å². The molecule has 1 N–H and O–H groups in total. The van der Waals surface area contributed by atoms with Crippen LogP contribution in [0.1, 0.15) is 33.6 Å². The molecule has 0 saturated heterocycles. The number of hydrogen-bond acceptors (Lipinski definition) is 2. The van der Waals surface area contributed by atoms with Gasteiger partial charge < -0.3 is 10.2 Å². The molecule has 1 aliphatic carbocycles. The van der Waals surface area contributed by atoms with E-state index in [1.807, 2.05) is 19.2 Å². The second kappa shape index (κ2) is 6.13. The lowest BCUT2D eigenvalue weighted by Crippen LogP contribution is -2.45. The molecule has 1 aromatic rings. The number of nitrogens with one attached hydrogen (secondary N) is 1.